The number of aryl methyl sites for hydroxylation is 2. The van der Waals surface area contributed by atoms with Crippen molar-refractivity contribution in [1.29, 1.82) is 0 Å². The lowest BCUT2D eigenvalue weighted by Gasteiger charge is -2.19. The summed E-state index contributed by atoms with van der Waals surface area (Å²) < 4.78 is 36.0. The fourth-order valence-corrected chi connectivity index (χ4v) is 4.37. The summed E-state index contributed by atoms with van der Waals surface area (Å²) in [6.07, 6.45) is 5.10. The minimum atomic E-state index is -3.76. The summed E-state index contributed by atoms with van der Waals surface area (Å²) in [4.78, 5) is 4.56. The Kier molecular flexibility index (Phi) is 6.95. The molecule has 0 aliphatic rings. The number of rotatable bonds is 9. The van der Waals surface area contributed by atoms with E-state index in [2.05, 4.69) is 9.71 Å². The maximum absolute atomic E-state index is 13.1. The highest BCUT2D eigenvalue weighted by molar-refractivity contribution is 7.89. The molecule has 0 bridgehead atoms. The summed E-state index contributed by atoms with van der Waals surface area (Å²) in [6, 6.07) is 13.5. The van der Waals surface area contributed by atoms with Gasteiger partial charge in [0.15, 0.2) is 0 Å². The Bertz CT molecular complexity index is 1030. The number of imidazole rings is 1. The average molecular weight is 434 g/mol. The Morgan fingerprint density at radius 3 is 2.38 bits per heavy atom. The van der Waals surface area contributed by atoms with Crippen LogP contribution in [0.2, 0.25) is 0 Å². The number of nitrogens with zero attached hydrogens (tertiary/aromatic N) is 2. The standard InChI is InChI=1S/C21H24ClN3O3S/c1-25-15-14-23-21(25)20(17-7-9-18(28-2)10-8-17)24-29(26,27)19-11-5-16(6-12-19)4-3-13-22/h5-12,14-15,20,24H,3-4,13H2,1-2H3. The summed E-state index contributed by atoms with van der Waals surface area (Å²) in [6.45, 7) is 0. The van der Waals surface area contributed by atoms with Crippen LogP contribution in [0.1, 0.15) is 29.4 Å². The predicted molar refractivity (Wildman–Crippen MR) is 114 cm³/mol. The molecule has 0 saturated heterocycles. The first-order valence-corrected chi connectivity index (χ1v) is 11.2. The van der Waals surface area contributed by atoms with E-state index in [0.29, 0.717) is 17.5 Å². The maximum atomic E-state index is 13.1. The Labute approximate surface area is 176 Å². The van der Waals surface area contributed by atoms with E-state index in [1.54, 1.807) is 48.3 Å². The number of hydrogen-bond donors (Lipinski definition) is 1. The third-order valence-electron chi connectivity index (χ3n) is 4.67. The van der Waals surface area contributed by atoms with Gasteiger partial charge in [0.2, 0.25) is 10.0 Å². The van der Waals surface area contributed by atoms with Crippen LogP contribution < -0.4 is 9.46 Å². The van der Waals surface area contributed by atoms with Crippen LogP contribution in [-0.2, 0) is 23.5 Å². The summed E-state index contributed by atoms with van der Waals surface area (Å²) in [7, 11) is -0.344. The van der Waals surface area contributed by atoms with E-state index in [0.717, 1.165) is 24.0 Å². The fourth-order valence-electron chi connectivity index (χ4n) is 3.05. The molecule has 2 aromatic carbocycles. The SMILES string of the molecule is COc1ccc(C(NS(=O)(=O)c2ccc(CCCCl)cc2)c2nccn2C)cc1. The van der Waals surface area contributed by atoms with E-state index in [-0.39, 0.29) is 4.90 Å². The van der Waals surface area contributed by atoms with Crippen molar-refractivity contribution >= 4 is 21.6 Å². The number of benzene rings is 2. The van der Waals surface area contributed by atoms with Gasteiger partial charge in [-0.05, 0) is 48.2 Å². The van der Waals surface area contributed by atoms with Gasteiger partial charge in [-0.3, -0.25) is 0 Å². The minimum absolute atomic E-state index is 0.208. The van der Waals surface area contributed by atoms with E-state index < -0.39 is 16.1 Å². The van der Waals surface area contributed by atoms with Crippen LogP contribution in [0.15, 0.2) is 65.8 Å². The molecule has 1 heterocycles. The van der Waals surface area contributed by atoms with Crippen molar-refractivity contribution in [2.75, 3.05) is 13.0 Å². The van der Waals surface area contributed by atoms with Crippen LogP contribution in [-0.4, -0.2) is 31.0 Å². The van der Waals surface area contributed by atoms with Crippen LogP contribution >= 0.6 is 11.6 Å². The van der Waals surface area contributed by atoms with E-state index in [4.69, 9.17) is 16.3 Å². The molecular weight excluding hydrogens is 410 g/mol. The molecule has 154 valence electrons. The molecule has 6 nitrogen and oxygen atoms in total. The lowest BCUT2D eigenvalue weighted by molar-refractivity contribution is 0.414. The molecule has 1 N–H and O–H groups in total. The maximum Gasteiger partial charge on any atom is 0.241 e. The number of methoxy groups -OCH3 is 1. The lowest BCUT2D eigenvalue weighted by atomic mass is 10.1. The van der Waals surface area contributed by atoms with Gasteiger partial charge in [0, 0.05) is 25.3 Å². The largest absolute Gasteiger partial charge is 0.497 e. The number of hydrogen-bond acceptors (Lipinski definition) is 4. The minimum Gasteiger partial charge on any atom is -0.497 e. The molecule has 3 aromatic rings. The average Bonchev–Trinajstić information content (AvgIpc) is 3.16. The number of nitrogens with one attached hydrogen (secondary N) is 1. The quantitative estimate of drug-likeness (QED) is 0.522. The number of halogens is 1. The van der Waals surface area contributed by atoms with Gasteiger partial charge < -0.3 is 9.30 Å². The molecule has 1 aromatic heterocycles. The molecule has 0 amide bonds. The van der Waals surface area contributed by atoms with Gasteiger partial charge >= 0.3 is 0 Å². The zero-order valence-corrected chi connectivity index (χ0v) is 17.9. The van der Waals surface area contributed by atoms with E-state index >= 15 is 0 Å². The second kappa shape index (κ2) is 9.43. The van der Waals surface area contributed by atoms with E-state index in [1.807, 2.05) is 31.3 Å². The predicted octanol–water partition coefficient (Wildman–Crippen LogP) is 3.67. The van der Waals surface area contributed by atoms with Crippen LogP contribution in [0.25, 0.3) is 0 Å². The second-order valence-electron chi connectivity index (χ2n) is 6.66. The summed E-state index contributed by atoms with van der Waals surface area (Å²) in [5.74, 6) is 1.87. The van der Waals surface area contributed by atoms with E-state index in [9.17, 15) is 8.42 Å². The highest BCUT2D eigenvalue weighted by Gasteiger charge is 2.25. The molecule has 1 atom stereocenters. The Morgan fingerprint density at radius 1 is 1.14 bits per heavy atom. The third kappa shape index (κ3) is 5.18. The van der Waals surface area contributed by atoms with Gasteiger partial charge in [0.05, 0.1) is 12.0 Å². The van der Waals surface area contributed by atoms with Gasteiger partial charge in [0.25, 0.3) is 0 Å². The zero-order valence-electron chi connectivity index (χ0n) is 16.4. The zero-order chi connectivity index (χ0) is 20.9. The highest BCUT2D eigenvalue weighted by atomic mass is 35.5. The van der Waals surface area contributed by atoms with Crippen LogP contribution in [0.4, 0.5) is 0 Å². The summed E-state index contributed by atoms with van der Waals surface area (Å²) in [5, 5.41) is 0. The van der Waals surface area contributed by atoms with Crippen molar-refractivity contribution in [3.63, 3.8) is 0 Å². The molecule has 0 aliphatic heterocycles. The monoisotopic (exact) mass is 433 g/mol. The molecular formula is C21H24ClN3O3S. The van der Waals surface area contributed by atoms with Crippen LogP contribution in [0, 0.1) is 0 Å². The van der Waals surface area contributed by atoms with Crippen molar-refractivity contribution in [3.05, 3.63) is 77.9 Å². The first-order valence-electron chi connectivity index (χ1n) is 9.23. The van der Waals surface area contributed by atoms with Gasteiger partial charge in [0.1, 0.15) is 17.6 Å². The Hall–Kier alpha value is -2.35. The number of ether oxygens (including phenoxy) is 1. The molecule has 0 saturated carbocycles. The topological polar surface area (TPSA) is 73.2 Å². The molecule has 8 heteroatoms. The Balaban J connectivity index is 1.91. The van der Waals surface area contributed by atoms with Gasteiger partial charge in [-0.15, -0.1) is 11.6 Å². The van der Waals surface area contributed by atoms with Crippen molar-refractivity contribution in [2.45, 2.75) is 23.8 Å². The smallest absolute Gasteiger partial charge is 0.241 e. The van der Waals surface area contributed by atoms with Crippen molar-refractivity contribution in [2.24, 2.45) is 7.05 Å². The number of sulfonamides is 1. The fraction of sp³-hybridized carbons (Fsp3) is 0.286. The molecule has 29 heavy (non-hydrogen) atoms. The highest BCUT2D eigenvalue weighted by Crippen LogP contribution is 2.25. The normalized spacial score (nSPS) is 12.7. The third-order valence-corrected chi connectivity index (χ3v) is 6.38. The van der Waals surface area contributed by atoms with Crippen molar-refractivity contribution < 1.29 is 13.2 Å². The van der Waals surface area contributed by atoms with Gasteiger partial charge in [-0.25, -0.2) is 13.4 Å². The summed E-state index contributed by atoms with van der Waals surface area (Å²) >= 11 is 5.73. The van der Waals surface area contributed by atoms with Crippen molar-refractivity contribution in [3.8, 4) is 5.75 Å². The molecule has 0 fully saturated rings. The first-order chi connectivity index (χ1) is 13.9. The van der Waals surface area contributed by atoms with Crippen LogP contribution in [0.3, 0.4) is 0 Å². The first kappa shape index (κ1) is 21.4. The number of aromatic nitrogens is 2. The van der Waals surface area contributed by atoms with Gasteiger partial charge in [-0.2, -0.15) is 4.72 Å². The van der Waals surface area contributed by atoms with Crippen LogP contribution in [0.5, 0.6) is 5.75 Å². The second-order valence-corrected chi connectivity index (χ2v) is 8.75. The van der Waals surface area contributed by atoms with E-state index in [1.165, 1.54) is 0 Å². The van der Waals surface area contributed by atoms with Gasteiger partial charge in [-0.1, -0.05) is 24.3 Å². The molecule has 0 radical (unpaired) electrons. The molecule has 0 spiro atoms. The molecule has 0 aliphatic carbocycles. The Morgan fingerprint density at radius 2 is 1.83 bits per heavy atom. The molecule has 1 unspecified atom stereocenters. The molecule has 3 rings (SSSR count). The summed E-state index contributed by atoms with van der Waals surface area (Å²) in [5.41, 5.74) is 1.82. The number of alkyl halides is 1. The van der Waals surface area contributed by atoms with Crippen molar-refractivity contribution in [1.82, 2.24) is 14.3 Å². The lowest BCUT2D eigenvalue weighted by Crippen LogP contribution is -2.31.